The fourth-order valence-corrected chi connectivity index (χ4v) is 2.35. The summed E-state index contributed by atoms with van der Waals surface area (Å²) in [6.07, 6.45) is 0. The van der Waals surface area contributed by atoms with E-state index in [1.807, 2.05) is 4.72 Å². The van der Waals surface area contributed by atoms with Crippen LogP contribution in [0.1, 0.15) is 0 Å². The van der Waals surface area contributed by atoms with Gasteiger partial charge in [-0.15, -0.1) is 5.10 Å². The number of hydrogen-bond donors (Lipinski definition) is 2. The Bertz CT molecular complexity index is 790. The van der Waals surface area contributed by atoms with Gasteiger partial charge >= 0.3 is 11.7 Å². The number of halogens is 1. The number of aromatic nitrogens is 3. The zero-order valence-electron chi connectivity index (χ0n) is 10.4. The second-order valence-corrected chi connectivity index (χ2v) is 5.33. The number of nitrogens with one attached hydrogen (secondary N) is 2. The second kappa shape index (κ2) is 5.32. The molecule has 1 aromatic carbocycles. The first-order chi connectivity index (χ1) is 9.83. The van der Waals surface area contributed by atoms with Gasteiger partial charge in [-0.1, -0.05) is 0 Å². The molecule has 12 heteroatoms. The minimum Gasteiger partial charge on any atom is -0.466 e. The molecule has 0 saturated carbocycles. The molecule has 0 bridgehead atoms. The SMILES string of the molecule is COc1n[nH]c(NS(=O)(=O)c2ccc(F)c([N+](=O)[O-])c2)n1. The third-order valence-corrected chi connectivity index (χ3v) is 3.64. The molecule has 0 radical (unpaired) electrons. The smallest absolute Gasteiger partial charge is 0.336 e. The lowest BCUT2D eigenvalue weighted by molar-refractivity contribution is -0.387. The Hall–Kier alpha value is -2.76. The van der Waals surface area contributed by atoms with Gasteiger partial charge in [-0.25, -0.2) is 18.2 Å². The van der Waals surface area contributed by atoms with Crippen molar-refractivity contribution >= 4 is 21.7 Å². The minimum absolute atomic E-state index is 0.0993. The third kappa shape index (κ3) is 3.05. The van der Waals surface area contributed by atoms with E-state index in [0.717, 1.165) is 6.07 Å². The summed E-state index contributed by atoms with van der Waals surface area (Å²) < 4.78 is 43.8. The lowest BCUT2D eigenvalue weighted by Gasteiger charge is -2.04. The van der Waals surface area contributed by atoms with Gasteiger partial charge in [0.05, 0.1) is 16.9 Å². The highest BCUT2D eigenvalue weighted by molar-refractivity contribution is 7.92. The number of methoxy groups -OCH3 is 1. The molecule has 10 nitrogen and oxygen atoms in total. The van der Waals surface area contributed by atoms with E-state index in [-0.39, 0.29) is 12.0 Å². The monoisotopic (exact) mass is 317 g/mol. The molecule has 0 fully saturated rings. The number of rotatable bonds is 5. The van der Waals surface area contributed by atoms with Gasteiger partial charge in [0.2, 0.25) is 11.8 Å². The number of H-pyrrole nitrogens is 1. The van der Waals surface area contributed by atoms with E-state index < -0.39 is 31.3 Å². The van der Waals surface area contributed by atoms with Crippen LogP contribution in [-0.2, 0) is 10.0 Å². The first-order valence-electron chi connectivity index (χ1n) is 5.26. The van der Waals surface area contributed by atoms with Crippen LogP contribution in [0.15, 0.2) is 23.1 Å². The quantitative estimate of drug-likeness (QED) is 0.609. The number of hydrogen-bond acceptors (Lipinski definition) is 7. The van der Waals surface area contributed by atoms with E-state index in [4.69, 9.17) is 0 Å². The van der Waals surface area contributed by atoms with Crippen LogP contribution >= 0.6 is 0 Å². The summed E-state index contributed by atoms with van der Waals surface area (Å²) in [6.45, 7) is 0. The number of nitrogens with zero attached hydrogens (tertiary/aromatic N) is 3. The van der Waals surface area contributed by atoms with Crippen molar-refractivity contribution < 1.29 is 22.5 Å². The number of aromatic amines is 1. The second-order valence-electron chi connectivity index (χ2n) is 3.65. The van der Waals surface area contributed by atoms with Gasteiger partial charge in [0.15, 0.2) is 0 Å². The molecule has 1 aromatic heterocycles. The highest BCUT2D eigenvalue weighted by Gasteiger charge is 2.22. The topological polar surface area (TPSA) is 140 Å². The molecule has 0 atom stereocenters. The van der Waals surface area contributed by atoms with Crippen molar-refractivity contribution in [1.82, 2.24) is 15.2 Å². The van der Waals surface area contributed by atoms with Crippen molar-refractivity contribution in [2.75, 3.05) is 11.8 Å². The summed E-state index contributed by atoms with van der Waals surface area (Å²) in [5, 5.41) is 16.4. The summed E-state index contributed by atoms with van der Waals surface area (Å²) in [6, 6.07) is 2.08. The van der Waals surface area contributed by atoms with Gasteiger partial charge in [0.25, 0.3) is 10.0 Å². The number of nitro benzene ring substituents is 1. The summed E-state index contributed by atoms with van der Waals surface area (Å²) >= 11 is 0. The number of benzene rings is 1. The van der Waals surface area contributed by atoms with Gasteiger partial charge in [0.1, 0.15) is 0 Å². The lowest BCUT2D eigenvalue weighted by atomic mass is 10.3. The maximum absolute atomic E-state index is 13.2. The third-order valence-electron chi connectivity index (χ3n) is 2.30. The van der Waals surface area contributed by atoms with Crippen LogP contribution in [-0.4, -0.2) is 35.6 Å². The first kappa shape index (κ1) is 14.6. The molecule has 2 aromatic rings. The molecule has 21 heavy (non-hydrogen) atoms. The highest BCUT2D eigenvalue weighted by atomic mass is 32.2. The Morgan fingerprint density at radius 1 is 1.48 bits per heavy atom. The Morgan fingerprint density at radius 2 is 2.19 bits per heavy atom. The maximum Gasteiger partial charge on any atom is 0.336 e. The molecule has 2 rings (SSSR count). The number of nitro groups is 1. The van der Waals surface area contributed by atoms with Crippen LogP contribution < -0.4 is 9.46 Å². The van der Waals surface area contributed by atoms with Crippen LogP contribution in [0.5, 0.6) is 6.01 Å². The van der Waals surface area contributed by atoms with E-state index in [9.17, 15) is 22.9 Å². The number of sulfonamides is 1. The fourth-order valence-electron chi connectivity index (χ4n) is 1.37. The zero-order valence-corrected chi connectivity index (χ0v) is 11.2. The highest BCUT2D eigenvalue weighted by Crippen LogP contribution is 2.22. The van der Waals surface area contributed by atoms with Crippen molar-refractivity contribution in [3.05, 3.63) is 34.1 Å². The molecular weight excluding hydrogens is 309 g/mol. The average Bonchev–Trinajstić information content (AvgIpc) is 2.85. The molecule has 0 amide bonds. The van der Waals surface area contributed by atoms with Crippen molar-refractivity contribution in [1.29, 1.82) is 0 Å². The van der Waals surface area contributed by atoms with Crippen molar-refractivity contribution in [2.45, 2.75) is 4.90 Å². The summed E-state index contributed by atoms with van der Waals surface area (Å²) in [4.78, 5) is 12.7. The molecule has 0 spiro atoms. The first-order valence-corrected chi connectivity index (χ1v) is 6.75. The Kier molecular flexibility index (Phi) is 3.71. The van der Waals surface area contributed by atoms with E-state index in [0.29, 0.717) is 12.1 Å². The molecule has 0 aliphatic rings. The van der Waals surface area contributed by atoms with E-state index in [2.05, 4.69) is 19.9 Å². The Morgan fingerprint density at radius 3 is 2.76 bits per heavy atom. The molecular formula is C9H8FN5O5S. The van der Waals surface area contributed by atoms with Crippen LogP contribution in [0.3, 0.4) is 0 Å². The van der Waals surface area contributed by atoms with Crippen molar-refractivity contribution in [3.8, 4) is 6.01 Å². The molecule has 0 unspecified atom stereocenters. The predicted octanol–water partition coefficient (Wildman–Crippen LogP) is 0.661. The van der Waals surface area contributed by atoms with Gasteiger partial charge in [-0.2, -0.15) is 9.37 Å². The fraction of sp³-hybridized carbons (Fsp3) is 0.111. The van der Waals surface area contributed by atoms with Gasteiger partial charge in [-0.3, -0.25) is 10.1 Å². The predicted molar refractivity (Wildman–Crippen MR) is 66.8 cm³/mol. The normalized spacial score (nSPS) is 11.1. The van der Waals surface area contributed by atoms with E-state index in [1.54, 1.807) is 0 Å². The molecule has 0 aliphatic carbocycles. The summed E-state index contributed by atoms with van der Waals surface area (Å²) in [5.41, 5.74) is -0.951. The molecule has 2 N–H and O–H groups in total. The Balaban J connectivity index is 2.35. The van der Waals surface area contributed by atoms with E-state index >= 15 is 0 Å². The zero-order chi connectivity index (χ0) is 15.6. The van der Waals surface area contributed by atoms with Crippen LogP contribution in [0.4, 0.5) is 16.0 Å². The van der Waals surface area contributed by atoms with E-state index in [1.165, 1.54) is 7.11 Å². The summed E-state index contributed by atoms with van der Waals surface area (Å²) in [7, 11) is -2.91. The molecule has 1 heterocycles. The Labute approximate surface area is 117 Å². The molecule has 0 aliphatic heterocycles. The van der Waals surface area contributed by atoms with Gasteiger partial charge in [-0.05, 0) is 12.1 Å². The molecule has 0 saturated heterocycles. The minimum atomic E-state index is -4.19. The van der Waals surface area contributed by atoms with Crippen molar-refractivity contribution in [3.63, 3.8) is 0 Å². The lowest BCUT2D eigenvalue weighted by Crippen LogP contribution is -2.14. The summed E-state index contributed by atoms with van der Waals surface area (Å²) in [5.74, 6) is -1.39. The van der Waals surface area contributed by atoms with Crippen LogP contribution in [0, 0.1) is 15.9 Å². The van der Waals surface area contributed by atoms with Crippen molar-refractivity contribution in [2.24, 2.45) is 0 Å². The van der Waals surface area contributed by atoms with Gasteiger partial charge in [0, 0.05) is 6.07 Å². The van der Waals surface area contributed by atoms with Gasteiger partial charge < -0.3 is 4.74 Å². The van der Waals surface area contributed by atoms with Crippen LogP contribution in [0.2, 0.25) is 0 Å². The number of ether oxygens (including phenoxy) is 1. The average molecular weight is 317 g/mol. The standard InChI is InChI=1S/C9H8FN5O5S/c1-20-9-11-8(12-13-9)14-21(18,19)5-2-3-6(10)7(4-5)15(16)17/h2-4H,1H3,(H2,11,12,13,14). The largest absolute Gasteiger partial charge is 0.466 e. The molecule has 112 valence electrons. The maximum atomic E-state index is 13.2. The van der Waals surface area contributed by atoms with Crippen LogP contribution in [0.25, 0.3) is 0 Å². The number of anilines is 1.